The van der Waals surface area contributed by atoms with E-state index in [0.717, 1.165) is 35.9 Å². The summed E-state index contributed by atoms with van der Waals surface area (Å²) in [7, 11) is 0. The Morgan fingerprint density at radius 2 is 1.67 bits per heavy atom. The third-order valence-electron chi connectivity index (χ3n) is 6.70. The second-order valence-electron chi connectivity index (χ2n) is 10.4. The molecule has 3 amide bonds. The zero-order valence-electron chi connectivity index (χ0n) is 24.7. The molecule has 2 aromatic carbocycles. The number of aliphatic hydroxyl groups is 1. The van der Waals surface area contributed by atoms with E-state index in [9.17, 15) is 28.3 Å². The average molecular weight is 612 g/mol. The maximum Gasteiger partial charge on any atom is 0.253 e. The van der Waals surface area contributed by atoms with Crippen LogP contribution in [0.4, 0.5) is 8.78 Å². The Kier molecular flexibility index (Phi) is 13.0. The van der Waals surface area contributed by atoms with Crippen LogP contribution in [0.25, 0.3) is 6.08 Å². The highest BCUT2D eigenvalue weighted by atomic mass is 32.1. The van der Waals surface area contributed by atoms with Crippen LogP contribution in [0.3, 0.4) is 0 Å². The van der Waals surface area contributed by atoms with Crippen molar-refractivity contribution in [2.24, 2.45) is 0 Å². The lowest BCUT2D eigenvalue weighted by Gasteiger charge is -2.25. The van der Waals surface area contributed by atoms with Gasteiger partial charge in [-0.3, -0.25) is 14.4 Å². The van der Waals surface area contributed by atoms with Crippen molar-refractivity contribution in [1.82, 2.24) is 15.5 Å². The molecule has 0 saturated heterocycles. The number of carbonyl (C=O) groups is 3. The van der Waals surface area contributed by atoms with E-state index < -0.39 is 29.7 Å². The minimum atomic E-state index is -1.16. The SMILES string of the molecule is CCCN(CCC)C(=O)c1cc(C)cc(C(=O)NC(Cc2cc(F)cc(F)c2)C(O)CCNC(=O)/C=C/c2cccs2)c1. The van der Waals surface area contributed by atoms with E-state index in [4.69, 9.17) is 0 Å². The van der Waals surface area contributed by atoms with Gasteiger partial charge in [-0.05, 0) is 91.6 Å². The van der Waals surface area contributed by atoms with Crippen LogP contribution in [0.1, 0.15) is 69.8 Å². The minimum Gasteiger partial charge on any atom is -0.391 e. The number of carbonyl (C=O) groups excluding carboxylic acids is 3. The lowest BCUT2D eigenvalue weighted by molar-refractivity contribution is -0.116. The summed E-state index contributed by atoms with van der Waals surface area (Å²) in [6, 6.07) is 10.7. The molecule has 0 fully saturated rings. The van der Waals surface area contributed by atoms with Crippen molar-refractivity contribution >= 4 is 35.1 Å². The third-order valence-corrected chi connectivity index (χ3v) is 7.54. The van der Waals surface area contributed by atoms with Crippen molar-refractivity contribution in [2.75, 3.05) is 19.6 Å². The second-order valence-corrected chi connectivity index (χ2v) is 11.4. The molecule has 0 radical (unpaired) electrons. The normalized spacial score (nSPS) is 12.6. The van der Waals surface area contributed by atoms with Crippen molar-refractivity contribution in [1.29, 1.82) is 0 Å². The van der Waals surface area contributed by atoms with Crippen LogP contribution < -0.4 is 10.6 Å². The Morgan fingerprint density at radius 3 is 2.30 bits per heavy atom. The molecule has 3 rings (SSSR count). The number of rotatable bonds is 15. The summed E-state index contributed by atoms with van der Waals surface area (Å²) in [5.41, 5.74) is 1.58. The van der Waals surface area contributed by atoms with Crippen molar-refractivity contribution in [3.05, 3.63) is 98.8 Å². The fourth-order valence-electron chi connectivity index (χ4n) is 4.74. The molecule has 43 heavy (non-hydrogen) atoms. The van der Waals surface area contributed by atoms with Crippen molar-refractivity contribution in [2.45, 2.75) is 58.6 Å². The van der Waals surface area contributed by atoms with Crippen LogP contribution >= 0.6 is 11.3 Å². The zero-order valence-corrected chi connectivity index (χ0v) is 25.6. The summed E-state index contributed by atoms with van der Waals surface area (Å²) in [5.74, 6) is -2.60. The summed E-state index contributed by atoms with van der Waals surface area (Å²) in [6.07, 6.45) is 3.53. The Labute approximate surface area is 255 Å². The number of thiophene rings is 1. The van der Waals surface area contributed by atoms with Gasteiger partial charge in [0, 0.05) is 47.8 Å². The summed E-state index contributed by atoms with van der Waals surface area (Å²) in [6.45, 7) is 7.08. The van der Waals surface area contributed by atoms with Crippen LogP contribution in [0.2, 0.25) is 0 Å². The number of nitrogens with one attached hydrogen (secondary N) is 2. The van der Waals surface area contributed by atoms with Crippen LogP contribution in [0, 0.1) is 18.6 Å². The number of hydrogen-bond acceptors (Lipinski definition) is 5. The van der Waals surface area contributed by atoms with Crippen molar-refractivity contribution < 1.29 is 28.3 Å². The number of nitrogens with zero attached hydrogens (tertiary/aromatic N) is 1. The molecule has 2 unspecified atom stereocenters. The molecule has 10 heteroatoms. The minimum absolute atomic E-state index is 0.0633. The number of aryl methyl sites for hydroxylation is 1. The van der Waals surface area contributed by atoms with E-state index in [-0.39, 0.29) is 42.3 Å². The molecule has 1 aromatic heterocycles. The van der Waals surface area contributed by atoms with E-state index in [2.05, 4.69) is 10.6 Å². The highest BCUT2D eigenvalue weighted by molar-refractivity contribution is 7.10. The van der Waals surface area contributed by atoms with Gasteiger partial charge in [0.2, 0.25) is 5.91 Å². The molecular formula is C33H39F2N3O4S. The van der Waals surface area contributed by atoms with Gasteiger partial charge in [-0.15, -0.1) is 11.3 Å². The molecule has 0 aliphatic rings. The fraction of sp³-hybridized carbons (Fsp3) is 0.364. The predicted octanol–water partition coefficient (Wildman–Crippen LogP) is 5.52. The van der Waals surface area contributed by atoms with Gasteiger partial charge in [-0.1, -0.05) is 19.9 Å². The van der Waals surface area contributed by atoms with Crippen LogP contribution in [0.5, 0.6) is 0 Å². The van der Waals surface area contributed by atoms with Gasteiger partial charge in [-0.25, -0.2) is 8.78 Å². The molecule has 0 aliphatic carbocycles. The highest BCUT2D eigenvalue weighted by Gasteiger charge is 2.24. The molecule has 0 aliphatic heterocycles. The molecule has 230 valence electrons. The average Bonchev–Trinajstić information content (AvgIpc) is 3.48. The van der Waals surface area contributed by atoms with E-state index in [1.165, 1.54) is 23.5 Å². The first-order valence-corrected chi connectivity index (χ1v) is 15.3. The predicted molar refractivity (Wildman–Crippen MR) is 166 cm³/mol. The van der Waals surface area contributed by atoms with Gasteiger partial charge in [-0.2, -0.15) is 0 Å². The molecule has 0 saturated carbocycles. The molecule has 3 N–H and O–H groups in total. The van der Waals surface area contributed by atoms with Gasteiger partial charge in [0.25, 0.3) is 11.8 Å². The Morgan fingerprint density at radius 1 is 1.00 bits per heavy atom. The van der Waals surface area contributed by atoms with Crippen LogP contribution in [-0.2, 0) is 11.2 Å². The van der Waals surface area contributed by atoms with E-state index in [0.29, 0.717) is 24.2 Å². The largest absolute Gasteiger partial charge is 0.391 e. The number of hydrogen-bond donors (Lipinski definition) is 3. The smallest absolute Gasteiger partial charge is 0.253 e. The number of amides is 3. The molecular weight excluding hydrogens is 572 g/mol. The number of halogens is 2. The Balaban J connectivity index is 1.76. The lowest BCUT2D eigenvalue weighted by atomic mass is 9.97. The molecule has 0 bridgehead atoms. The summed E-state index contributed by atoms with van der Waals surface area (Å²) in [5, 5.41) is 18.4. The maximum atomic E-state index is 13.9. The first-order valence-electron chi connectivity index (χ1n) is 14.4. The first-order chi connectivity index (χ1) is 20.6. The maximum absolute atomic E-state index is 13.9. The summed E-state index contributed by atoms with van der Waals surface area (Å²) in [4.78, 5) is 41.5. The number of benzene rings is 2. The summed E-state index contributed by atoms with van der Waals surface area (Å²) >= 11 is 1.49. The topological polar surface area (TPSA) is 98.7 Å². The summed E-state index contributed by atoms with van der Waals surface area (Å²) < 4.78 is 27.9. The monoisotopic (exact) mass is 611 g/mol. The fourth-order valence-corrected chi connectivity index (χ4v) is 5.36. The molecule has 1 heterocycles. The Bertz CT molecular complexity index is 1380. The highest BCUT2D eigenvalue weighted by Crippen LogP contribution is 2.17. The second kappa shape index (κ2) is 16.7. The van der Waals surface area contributed by atoms with Crippen molar-refractivity contribution in [3.63, 3.8) is 0 Å². The standard InChI is InChI=1S/C33H39F2N3O4S/c1-4-12-38(13-5-2)33(42)25-16-22(3)15-24(20-25)32(41)37-29(19-23-17-26(34)21-27(35)18-23)30(39)10-11-36-31(40)9-8-28-7-6-14-43-28/h6-9,14-18,20-21,29-30,39H,4-5,10-13,19H2,1-3H3,(H,36,40)(H,37,41)/b9-8+. The molecule has 2 atom stereocenters. The van der Waals surface area contributed by atoms with Crippen LogP contribution in [-0.4, -0.2) is 59.5 Å². The zero-order chi connectivity index (χ0) is 31.4. The van der Waals surface area contributed by atoms with Gasteiger partial charge < -0.3 is 20.6 Å². The third kappa shape index (κ3) is 10.7. The molecule has 7 nitrogen and oxygen atoms in total. The van der Waals surface area contributed by atoms with Crippen LogP contribution in [0.15, 0.2) is 60.0 Å². The number of aliphatic hydroxyl groups excluding tert-OH is 1. The first kappa shape index (κ1) is 33.6. The van der Waals surface area contributed by atoms with Gasteiger partial charge in [0.1, 0.15) is 11.6 Å². The molecule has 0 spiro atoms. The Hall–Kier alpha value is -3.89. The molecule has 3 aromatic rings. The lowest BCUT2D eigenvalue weighted by Crippen LogP contribution is -2.46. The van der Waals surface area contributed by atoms with Gasteiger partial charge >= 0.3 is 0 Å². The van der Waals surface area contributed by atoms with E-state index in [1.807, 2.05) is 31.4 Å². The van der Waals surface area contributed by atoms with Gasteiger partial charge in [0.05, 0.1) is 12.1 Å². The van der Waals surface area contributed by atoms with E-state index >= 15 is 0 Å². The van der Waals surface area contributed by atoms with E-state index in [1.54, 1.807) is 30.0 Å². The quantitative estimate of drug-likeness (QED) is 0.197. The van der Waals surface area contributed by atoms with Crippen molar-refractivity contribution in [3.8, 4) is 0 Å². The van der Waals surface area contributed by atoms with Gasteiger partial charge in [0.15, 0.2) is 0 Å².